The van der Waals surface area contributed by atoms with Gasteiger partial charge in [0.25, 0.3) is 5.91 Å². The van der Waals surface area contributed by atoms with Crippen molar-refractivity contribution in [2.75, 3.05) is 20.2 Å². The molecule has 2 aromatic heterocycles. The van der Waals surface area contributed by atoms with Crippen molar-refractivity contribution < 1.29 is 18.8 Å². The molecule has 2 fully saturated rings. The fraction of sp³-hybridized carbons (Fsp3) is 0.529. The second kappa shape index (κ2) is 6.44. The van der Waals surface area contributed by atoms with Gasteiger partial charge in [-0.05, 0) is 30.9 Å². The number of carbonyl (C=O) groups excluding carboxylic acids is 1. The average molecular weight is 344 g/mol. The summed E-state index contributed by atoms with van der Waals surface area (Å²) < 4.78 is 16.4. The van der Waals surface area contributed by atoms with Gasteiger partial charge >= 0.3 is 0 Å². The van der Waals surface area contributed by atoms with Gasteiger partial charge in [-0.25, -0.2) is 4.98 Å². The molecule has 1 amide bonds. The van der Waals surface area contributed by atoms with Crippen molar-refractivity contribution in [2.45, 2.75) is 32.0 Å². The number of methoxy groups -OCH3 is 1. The number of hydrogen-bond acceptors (Lipinski definition) is 7. The molecule has 0 N–H and O–H groups in total. The van der Waals surface area contributed by atoms with Crippen LogP contribution in [0.2, 0.25) is 0 Å². The Hall–Kier alpha value is -2.48. The van der Waals surface area contributed by atoms with Crippen LogP contribution in [0.3, 0.4) is 0 Å². The van der Waals surface area contributed by atoms with Gasteiger partial charge in [-0.3, -0.25) is 4.79 Å². The number of aryl methyl sites for hydroxylation is 1. The van der Waals surface area contributed by atoms with E-state index in [1.807, 2.05) is 4.90 Å². The molecule has 0 aliphatic carbocycles. The highest BCUT2D eigenvalue weighted by atomic mass is 16.5. The lowest BCUT2D eigenvalue weighted by atomic mass is 9.91. The molecule has 2 aliphatic rings. The third-order valence-electron chi connectivity index (χ3n) is 4.87. The van der Waals surface area contributed by atoms with Gasteiger partial charge in [0.05, 0.1) is 13.2 Å². The zero-order valence-corrected chi connectivity index (χ0v) is 14.2. The highest BCUT2D eigenvalue weighted by molar-refractivity contribution is 5.96. The molecule has 0 aromatic carbocycles. The van der Waals surface area contributed by atoms with E-state index in [2.05, 4.69) is 15.1 Å². The van der Waals surface area contributed by atoms with Gasteiger partial charge in [0.2, 0.25) is 17.6 Å². The molecule has 4 rings (SSSR count). The van der Waals surface area contributed by atoms with Crippen molar-refractivity contribution in [1.82, 2.24) is 20.0 Å². The molecule has 132 valence electrons. The molecule has 0 bridgehead atoms. The maximum absolute atomic E-state index is 12.8. The second-order valence-electron chi connectivity index (χ2n) is 6.43. The minimum absolute atomic E-state index is 0.0100. The Balaban J connectivity index is 1.46. The summed E-state index contributed by atoms with van der Waals surface area (Å²) in [5.41, 5.74) is 0.479. The Bertz CT molecular complexity index is 778. The first-order valence-corrected chi connectivity index (χ1v) is 8.39. The van der Waals surface area contributed by atoms with Crippen molar-refractivity contribution in [3.05, 3.63) is 35.6 Å². The Labute approximate surface area is 145 Å². The lowest BCUT2D eigenvalue weighted by Gasteiger charge is -2.34. The van der Waals surface area contributed by atoms with E-state index in [-0.39, 0.29) is 18.1 Å². The summed E-state index contributed by atoms with van der Waals surface area (Å²) >= 11 is 0. The van der Waals surface area contributed by atoms with Crippen LogP contribution in [-0.4, -0.2) is 52.2 Å². The standard InChI is InChI=1S/C17H20N4O4/c1-10-19-15(20-25-10)13-8-11-5-7-21(9-14(11)24-13)17(22)12-4-3-6-18-16(12)23-2/h3-4,6,11,13-14H,5,7-9H2,1-2H3/t11-,13+,14+/m1/s1. The van der Waals surface area contributed by atoms with E-state index in [4.69, 9.17) is 14.0 Å². The first-order valence-electron chi connectivity index (χ1n) is 8.39. The molecule has 8 heteroatoms. The van der Waals surface area contributed by atoms with E-state index in [1.54, 1.807) is 25.3 Å². The summed E-state index contributed by atoms with van der Waals surface area (Å²) in [6.07, 6.45) is 3.20. The predicted molar refractivity (Wildman–Crippen MR) is 86.1 cm³/mol. The number of rotatable bonds is 3. The van der Waals surface area contributed by atoms with Gasteiger partial charge in [-0.2, -0.15) is 4.98 Å². The topological polar surface area (TPSA) is 90.6 Å². The van der Waals surface area contributed by atoms with Crippen LogP contribution in [0.1, 0.15) is 41.0 Å². The molecule has 2 saturated heterocycles. The van der Waals surface area contributed by atoms with Gasteiger partial charge in [-0.1, -0.05) is 5.16 Å². The number of fused-ring (bicyclic) bond motifs is 1. The maximum Gasteiger partial charge on any atom is 0.259 e. The van der Waals surface area contributed by atoms with Gasteiger partial charge in [-0.15, -0.1) is 0 Å². The first-order chi connectivity index (χ1) is 12.2. The lowest BCUT2D eigenvalue weighted by molar-refractivity contribution is -0.00756. The van der Waals surface area contributed by atoms with Gasteiger partial charge in [0.1, 0.15) is 11.7 Å². The summed E-state index contributed by atoms with van der Waals surface area (Å²) in [5.74, 6) is 1.81. The van der Waals surface area contributed by atoms with E-state index in [9.17, 15) is 4.79 Å². The van der Waals surface area contributed by atoms with Crippen LogP contribution in [0.4, 0.5) is 0 Å². The zero-order chi connectivity index (χ0) is 17.4. The number of piperidine rings is 1. The maximum atomic E-state index is 12.8. The molecule has 0 radical (unpaired) electrons. The van der Waals surface area contributed by atoms with Crippen LogP contribution >= 0.6 is 0 Å². The fourth-order valence-electron chi connectivity index (χ4n) is 3.61. The number of carbonyl (C=O) groups is 1. The number of pyridine rings is 1. The van der Waals surface area contributed by atoms with Crippen LogP contribution in [0, 0.1) is 12.8 Å². The summed E-state index contributed by atoms with van der Waals surface area (Å²) in [7, 11) is 1.52. The van der Waals surface area contributed by atoms with E-state index in [1.165, 1.54) is 7.11 Å². The number of amides is 1. The molecule has 0 saturated carbocycles. The largest absolute Gasteiger partial charge is 0.480 e. The van der Waals surface area contributed by atoms with Crippen molar-refractivity contribution >= 4 is 5.91 Å². The van der Waals surface area contributed by atoms with E-state index < -0.39 is 0 Å². The molecule has 3 atom stereocenters. The third kappa shape index (κ3) is 2.97. The minimum Gasteiger partial charge on any atom is -0.480 e. The normalized spacial score (nSPS) is 25.7. The van der Waals surface area contributed by atoms with Gasteiger partial charge in [0, 0.05) is 26.2 Å². The number of hydrogen-bond donors (Lipinski definition) is 0. The van der Waals surface area contributed by atoms with Crippen molar-refractivity contribution in [3.63, 3.8) is 0 Å². The fourth-order valence-corrected chi connectivity index (χ4v) is 3.61. The molecule has 25 heavy (non-hydrogen) atoms. The van der Waals surface area contributed by atoms with E-state index >= 15 is 0 Å². The van der Waals surface area contributed by atoms with Crippen LogP contribution in [0.15, 0.2) is 22.9 Å². The van der Waals surface area contributed by atoms with Crippen LogP contribution in [0.5, 0.6) is 5.88 Å². The minimum atomic E-state index is -0.157. The van der Waals surface area contributed by atoms with Crippen LogP contribution in [0.25, 0.3) is 0 Å². The van der Waals surface area contributed by atoms with Crippen molar-refractivity contribution in [2.24, 2.45) is 5.92 Å². The smallest absolute Gasteiger partial charge is 0.259 e. The van der Waals surface area contributed by atoms with E-state index in [0.29, 0.717) is 42.2 Å². The molecule has 4 heterocycles. The zero-order valence-electron chi connectivity index (χ0n) is 14.2. The van der Waals surface area contributed by atoms with Gasteiger partial charge < -0.3 is 18.9 Å². The third-order valence-corrected chi connectivity index (χ3v) is 4.87. The van der Waals surface area contributed by atoms with Gasteiger partial charge in [0.15, 0.2) is 0 Å². The first kappa shape index (κ1) is 16.0. The monoisotopic (exact) mass is 344 g/mol. The quantitative estimate of drug-likeness (QED) is 0.838. The van der Waals surface area contributed by atoms with Crippen LogP contribution in [-0.2, 0) is 4.74 Å². The number of likely N-dealkylation sites (tertiary alicyclic amines) is 1. The van der Waals surface area contributed by atoms with E-state index in [0.717, 1.165) is 12.8 Å². The lowest BCUT2D eigenvalue weighted by Crippen LogP contribution is -2.45. The second-order valence-corrected chi connectivity index (χ2v) is 6.43. The Morgan fingerprint density at radius 1 is 1.44 bits per heavy atom. The Kier molecular flexibility index (Phi) is 4.12. The summed E-state index contributed by atoms with van der Waals surface area (Å²) in [6.45, 7) is 3.01. The number of aromatic nitrogens is 3. The molecular weight excluding hydrogens is 324 g/mol. The van der Waals surface area contributed by atoms with Crippen molar-refractivity contribution in [1.29, 1.82) is 0 Å². The summed E-state index contributed by atoms with van der Waals surface area (Å²) in [4.78, 5) is 23.0. The SMILES string of the molecule is COc1ncccc1C(=O)N1CC[C@@H]2C[C@@H](c3noc(C)n3)O[C@H]2C1. The summed E-state index contributed by atoms with van der Waals surface area (Å²) in [5, 5.41) is 3.96. The molecule has 2 aliphatic heterocycles. The molecule has 0 unspecified atom stereocenters. The van der Waals surface area contributed by atoms with Crippen LogP contribution < -0.4 is 4.74 Å². The molecule has 8 nitrogen and oxygen atoms in total. The molecular formula is C17H20N4O4. The molecule has 0 spiro atoms. The number of nitrogens with zero attached hydrogens (tertiary/aromatic N) is 4. The highest BCUT2D eigenvalue weighted by Crippen LogP contribution is 2.40. The number of ether oxygens (including phenoxy) is 2. The summed E-state index contributed by atoms with van der Waals surface area (Å²) in [6, 6.07) is 3.48. The average Bonchev–Trinajstić information content (AvgIpc) is 3.26. The Morgan fingerprint density at radius 3 is 3.08 bits per heavy atom. The predicted octanol–water partition coefficient (Wildman–Crippen LogP) is 1.77. The highest BCUT2D eigenvalue weighted by Gasteiger charge is 2.42. The van der Waals surface area contributed by atoms with Crippen molar-refractivity contribution in [3.8, 4) is 5.88 Å². The Morgan fingerprint density at radius 2 is 2.32 bits per heavy atom. The molecule has 2 aromatic rings.